The van der Waals surface area contributed by atoms with Crippen LogP contribution in [0.15, 0.2) is 0 Å². The first-order chi connectivity index (χ1) is 8.00. The molecule has 1 aliphatic carbocycles. The number of carboxylic acids is 1. The van der Waals surface area contributed by atoms with Crippen LogP contribution in [-0.4, -0.2) is 34.5 Å². The number of amides is 1. The average Bonchev–Trinajstić information content (AvgIpc) is 2.26. The van der Waals surface area contributed by atoms with Crippen molar-refractivity contribution in [2.24, 2.45) is 5.92 Å². The highest BCUT2D eigenvalue weighted by molar-refractivity contribution is 7.98. The summed E-state index contributed by atoms with van der Waals surface area (Å²) in [4.78, 5) is 23.1. The van der Waals surface area contributed by atoms with Crippen LogP contribution >= 0.6 is 11.8 Å². The van der Waals surface area contributed by atoms with Gasteiger partial charge in [0.2, 0.25) is 5.91 Å². The molecule has 0 bridgehead atoms. The number of carbonyl (C=O) groups is 2. The van der Waals surface area contributed by atoms with E-state index in [4.69, 9.17) is 0 Å². The van der Waals surface area contributed by atoms with Gasteiger partial charge in [0.15, 0.2) is 0 Å². The van der Waals surface area contributed by atoms with Crippen molar-refractivity contribution in [2.45, 2.75) is 44.6 Å². The van der Waals surface area contributed by atoms with E-state index in [1.165, 1.54) is 0 Å². The van der Waals surface area contributed by atoms with Crippen LogP contribution in [-0.2, 0) is 9.59 Å². The maximum atomic E-state index is 11.7. The summed E-state index contributed by atoms with van der Waals surface area (Å²) in [5, 5.41) is 12.1. The van der Waals surface area contributed by atoms with Gasteiger partial charge in [-0.1, -0.05) is 19.8 Å². The van der Waals surface area contributed by atoms with Crippen molar-refractivity contribution in [2.75, 3.05) is 12.0 Å². The van der Waals surface area contributed by atoms with E-state index in [1.807, 2.05) is 13.2 Å². The van der Waals surface area contributed by atoms with Crippen molar-refractivity contribution in [3.8, 4) is 0 Å². The van der Waals surface area contributed by atoms with Gasteiger partial charge in [-0.05, 0) is 25.0 Å². The average molecular weight is 259 g/mol. The third-order valence-corrected chi connectivity index (χ3v) is 3.93. The molecule has 1 fully saturated rings. The molecular formula is C12H21NO3S. The van der Waals surface area contributed by atoms with Crippen LogP contribution in [0.3, 0.4) is 0 Å². The van der Waals surface area contributed by atoms with Gasteiger partial charge in [-0.2, -0.15) is 11.8 Å². The highest BCUT2D eigenvalue weighted by atomic mass is 32.2. The number of aliphatic carboxylic acids is 1. The minimum absolute atomic E-state index is 0.143. The summed E-state index contributed by atoms with van der Waals surface area (Å²) < 4.78 is 0. The minimum atomic E-state index is -1.02. The van der Waals surface area contributed by atoms with E-state index in [-0.39, 0.29) is 5.91 Å². The fraction of sp³-hybridized carbons (Fsp3) is 0.833. The standard InChI is InChI=1S/C12H21NO3S/c1-9-4-3-6-12(8-9,11(15)16)13-10(14)5-7-17-2/h9H,3-8H2,1-2H3,(H,13,14)(H,15,16). The molecule has 4 nitrogen and oxygen atoms in total. The summed E-state index contributed by atoms with van der Waals surface area (Å²) in [7, 11) is 0. The SMILES string of the molecule is CSCCC(=O)NC1(C(=O)O)CCCC(C)C1. The Kier molecular flexibility index (Phi) is 5.31. The Hall–Kier alpha value is -0.710. The molecule has 0 saturated heterocycles. The monoisotopic (exact) mass is 259 g/mol. The molecule has 0 aliphatic heterocycles. The van der Waals surface area contributed by atoms with Crippen LogP contribution in [0.2, 0.25) is 0 Å². The number of carboxylic acid groups (broad SMARTS) is 1. The topological polar surface area (TPSA) is 66.4 Å². The smallest absolute Gasteiger partial charge is 0.329 e. The molecule has 17 heavy (non-hydrogen) atoms. The molecule has 0 radical (unpaired) electrons. The number of nitrogens with one attached hydrogen (secondary N) is 1. The molecule has 1 aliphatic rings. The zero-order valence-electron chi connectivity index (χ0n) is 10.5. The number of hydrogen-bond acceptors (Lipinski definition) is 3. The highest BCUT2D eigenvalue weighted by Crippen LogP contribution is 2.32. The zero-order valence-corrected chi connectivity index (χ0v) is 11.3. The molecule has 1 saturated carbocycles. The summed E-state index contributed by atoms with van der Waals surface area (Å²) in [6.45, 7) is 2.05. The number of carbonyl (C=O) groups excluding carboxylic acids is 1. The number of hydrogen-bond donors (Lipinski definition) is 2. The third-order valence-electron chi connectivity index (χ3n) is 3.32. The molecule has 0 aromatic rings. The maximum Gasteiger partial charge on any atom is 0.329 e. The van der Waals surface area contributed by atoms with E-state index in [9.17, 15) is 14.7 Å². The van der Waals surface area contributed by atoms with Crippen LogP contribution in [0.5, 0.6) is 0 Å². The fourth-order valence-corrected chi connectivity index (χ4v) is 2.83. The first kappa shape index (κ1) is 14.4. The Bertz CT molecular complexity index is 295. The van der Waals surface area contributed by atoms with Gasteiger partial charge in [0.25, 0.3) is 0 Å². The van der Waals surface area contributed by atoms with Gasteiger partial charge < -0.3 is 10.4 Å². The highest BCUT2D eigenvalue weighted by Gasteiger charge is 2.42. The number of rotatable bonds is 5. The summed E-state index contributed by atoms with van der Waals surface area (Å²) >= 11 is 1.59. The lowest BCUT2D eigenvalue weighted by atomic mass is 9.76. The lowest BCUT2D eigenvalue weighted by molar-refractivity contribution is -0.150. The minimum Gasteiger partial charge on any atom is -0.480 e. The second kappa shape index (κ2) is 6.28. The Labute approximate surface area is 107 Å². The van der Waals surface area contributed by atoms with E-state index in [0.717, 1.165) is 18.6 Å². The van der Waals surface area contributed by atoms with Crippen LogP contribution < -0.4 is 5.32 Å². The molecule has 2 atom stereocenters. The van der Waals surface area contributed by atoms with Gasteiger partial charge in [0.1, 0.15) is 5.54 Å². The lowest BCUT2D eigenvalue weighted by Crippen LogP contribution is -2.56. The summed E-state index contributed by atoms with van der Waals surface area (Å²) in [5.74, 6) is 0.0648. The largest absolute Gasteiger partial charge is 0.480 e. The van der Waals surface area contributed by atoms with E-state index in [0.29, 0.717) is 25.2 Å². The molecular weight excluding hydrogens is 238 g/mol. The molecule has 0 spiro atoms. The molecule has 0 aromatic carbocycles. The predicted octanol–water partition coefficient (Wildman–Crippen LogP) is 1.89. The molecule has 0 aromatic heterocycles. The van der Waals surface area contributed by atoms with Crippen molar-refractivity contribution in [3.05, 3.63) is 0 Å². The van der Waals surface area contributed by atoms with Crippen molar-refractivity contribution < 1.29 is 14.7 Å². The van der Waals surface area contributed by atoms with Crippen LogP contribution in [0.4, 0.5) is 0 Å². The van der Waals surface area contributed by atoms with Crippen molar-refractivity contribution in [3.63, 3.8) is 0 Å². The Balaban J connectivity index is 2.65. The molecule has 1 rings (SSSR count). The second-order valence-electron chi connectivity index (χ2n) is 4.88. The molecule has 98 valence electrons. The van der Waals surface area contributed by atoms with Crippen LogP contribution in [0.1, 0.15) is 39.0 Å². The van der Waals surface area contributed by atoms with Crippen molar-refractivity contribution in [1.82, 2.24) is 5.32 Å². The summed E-state index contributed by atoms with van der Waals surface area (Å²) in [6.07, 6.45) is 5.35. The number of thioether (sulfide) groups is 1. The Morgan fingerprint density at radius 1 is 1.53 bits per heavy atom. The molecule has 2 N–H and O–H groups in total. The quantitative estimate of drug-likeness (QED) is 0.791. The molecule has 1 amide bonds. The van der Waals surface area contributed by atoms with Crippen LogP contribution in [0.25, 0.3) is 0 Å². The summed E-state index contributed by atoms with van der Waals surface area (Å²) in [6, 6.07) is 0. The van der Waals surface area contributed by atoms with Gasteiger partial charge in [0, 0.05) is 12.2 Å². The van der Waals surface area contributed by atoms with E-state index in [2.05, 4.69) is 5.32 Å². The van der Waals surface area contributed by atoms with E-state index < -0.39 is 11.5 Å². The van der Waals surface area contributed by atoms with Gasteiger partial charge in [-0.3, -0.25) is 4.79 Å². The fourth-order valence-electron chi connectivity index (χ4n) is 2.44. The third kappa shape index (κ3) is 3.91. The van der Waals surface area contributed by atoms with Crippen molar-refractivity contribution in [1.29, 1.82) is 0 Å². The lowest BCUT2D eigenvalue weighted by Gasteiger charge is -2.37. The van der Waals surface area contributed by atoms with E-state index in [1.54, 1.807) is 11.8 Å². The first-order valence-electron chi connectivity index (χ1n) is 6.03. The zero-order chi connectivity index (χ0) is 12.9. The van der Waals surface area contributed by atoms with Gasteiger partial charge in [-0.15, -0.1) is 0 Å². The van der Waals surface area contributed by atoms with Crippen LogP contribution in [0, 0.1) is 5.92 Å². The molecule has 0 heterocycles. The summed E-state index contributed by atoms with van der Waals surface area (Å²) in [5.41, 5.74) is -1.02. The van der Waals surface area contributed by atoms with Crippen molar-refractivity contribution >= 4 is 23.6 Å². The molecule has 5 heteroatoms. The maximum absolute atomic E-state index is 11.7. The molecule has 2 unspecified atom stereocenters. The van der Waals surface area contributed by atoms with Gasteiger partial charge >= 0.3 is 5.97 Å². The predicted molar refractivity (Wildman–Crippen MR) is 69.1 cm³/mol. The Morgan fingerprint density at radius 3 is 2.76 bits per heavy atom. The van der Waals surface area contributed by atoms with Gasteiger partial charge in [-0.25, -0.2) is 4.79 Å². The van der Waals surface area contributed by atoms with E-state index >= 15 is 0 Å². The normalized spacial score (nSPS) is 28.7. The second-order valence-corrected chi connectivity index (χ2v) is 5.87. The Morgan fingerprint density at radius 2 is 2.24 bits per heavy atom. The van der Waals surface area contributed by atoms with Gasteiger partial charge in [0.05, 0.1) is 0 Å². The first-order valence-corrected chi connectivity index (χ1v) is 7.43.